The van der Waals surface area contributed by atoms with E-state index >= 15 is 0 Å². The Balaban J connectivity index is 1.73. The number of ketones is 1. The maximum atomic E-state index is 13.0. The number of para-hydroxylation sites is 1. The highest BCUT2D eigenvalue weighted by Gasteiger charge is 2.37. The number of rotatable bonds is 4. The Labute approximate surface area is 171 Å². The van der Waals surface area contributed by atoms with Gasteiger partial charge in [-0.05, 0) is 35.8 Å². The summed E-state index contributed by atoms with van der Waals surface area (Å²) in [4.78, 5) is 13.0. The van der Waals surface area contributed by atoms with Gasteiger partial charge in [-0.1, -0.05) is 62.9 Å². The van der Waals surface area contributed by atoms with Crippen molar-refractivity contribution in [2.75, 3.05) is 0 Å². The van der Waals surface area contributed by atoms with E-state index in [2.05, 4.69) is 39.5 Å². The van der Waals surface area contributed by atoms with Crippen LogP contribution in [-0.2, 0) is 17.3 Å². The van der Waals surface area contributed by atoms with Gasteiger partial charge in [0, 0.05) is 35.1 Å². The van der Waals surface area contributed by atoms with Crippen molar-refractivity contribution in [3.05, 3.63) is 101 Å². The van der Waals surface area contributed by atoms with Gasteiger partial charge in [0.1, 0.15) is 5.76 Å². The number of carbonyl (C=O) groups excluding carboxylic acids is 1. The van der Waals surface area contributed by atoms with E-state index in [1.807, 2.05) is 54.2 Å². The number of Topliss-reactive ketones (excluding diaryl/α,β-unsaturated/α-hetero) is 1. The van der Waals surface area contributed by atoms with Crippen molar-refractivity contribution in [2.24, 2.45) is 7.05 Å². The summed E-state index contributed by atoms with van der Waals surface area (Å²) in [5.74, 6) is -0.0892. The Bertz CT molecular complexity index is 1230. The zero-order valence-corrected chi connectivity index (χ0v) is 17.3. The third-order valence-electron chi connectivity index (χ3n) is 6.07. The van der Waals surface area contributed by atoms with Crippen LogP contribution in [-0.4, -0.2) is 15.5 Å². The van der Waals surface area contributed by atoms with Crippen LogP contribution in [0.15, 0.2) is 84.3 Å². The highest BCUT2D eigenvalue weighted by atomic mass is 16.3. The summed E-state index contributed by atoms with van der Waals surface area (Å²) in [6.45, 7) is 10.5. The van der Waals surface area contributed by atoms with Crippen LogP contribution in [0.25, 0.3) is 16.5 Å². The fourth-order valence-corrected chi connectivity index (χ4v) is 4.15. The van der Waals surface area contributed by atoms with E-state index in [4.69, 9.17) is 0 Å². The van der Waals surface area contributed by atoms with Gasteiger partial charge in [-0.2, -0.15) is 0 Å². The van der Waals surface area contributed by atoms with E-state index in [0.29, 0.717) is 11.1 Å². The Hall–Kier alpha value is -3.33. The van der Waals surface area contributed by atoms with Crippen LogP contribution in [0.5, 0.6) is 0 Å². The molecule has 2 aromatic carbocycles. The first-order valence-corrected chi connectivity index (χ1v) is 9.73. The molecule has 0 atom stereocenters. The van der Waals surface area contributed by atoms with Gasteiger partial charge in [0.2, 0.25) is 5.78 Å². The summed E-state index contributed by atoms with van der Waals surface area (Å²) in [5.41, 5.74) is 5.28. The third kappa shape index (κ3) is 2.85. The van der Waals surface area contributed by atoms with Crippen LogP contribution < -0.4 is 0 Å². The Morgan fingerprint density at radius 3 is 2.45 bits per heavy atom. The number of fused-ring (bicyclic) bond motifs is 1. The minimum absolute atomic E-state index is 0.0492. The second-order valence-electron chi connectivity index (χ2n) is 8.25. The SMILES string of the molecule is C=C(/C=C1\C(=O)C(c2cn(C)c3ccccc23)=C1O)C(C)(C)c1ccccc1C. The van der Waals surface area contributed by atoms with Gasteiger partial charge in [0.05, 0.1) is 11.1 Å². The number of aromatic nitrogens is 1. The van der Waals surface area contributed by atoms with E-state index < -0.39 is 0 Å². The number of benzene rings is 2. The fraction of sp³-hybridized carbons (Fsp3) is 0.192. The third-order valence-corrected chi connectivity index (χ3v) is 6.07. The zero-order valence-electron chi connectivity index (χ0n) is 17.3. The van der Waals surface area contributed by atoms with Crippen LogP contribution in [0.1, 0.15) is 30.5 Å². The van der Waals surface area contributed by atoms with Gasteiger partial charge in [-0.25, -0.2) is 0 Å². The average molecular weight is 383 g/mol. The van der Waals surface area contributed by atoms with Gasteiger partial charge < -0.3 is 9.67 Å². The molecule has 0 bridgehead atoms. The largest absolute Gasteiger partial charge is 0.506 e. The van der Waals surface area contributed by atoms with Crippen molar-refractivity contribution in [1.29, 1.82) is 0 Å². The number of allylic oxidation sites excluding steroid dienone is 4. The van der Waals surface area contributed by atoms with E-state index in [1.165, 1.54) is 5.56 Å². The van der Waals surface area contributed by atoms with Crippen molar-refractivity contribution < 1.29 is 9.90 Å². The second-order valence-corrected chi connectivity index (χ2v) is 8.25. The fourth-order valence-electron chi connectivity index (χ4n) is 4.15. The van der Waals surface area contributed by atoms with Crippen molar-refractivity contribution in [2.45, 2.75) is 26.2 Å². The van der Waals surface area contributed by atoms with Crippen molar-refractivity contribution in [3.8, 4) is 0 Å². The van der Waals surface area contributed by atoms with Gasteiger partial charge in [0.15, 0.2) is 0 Å². The number of nitrogens with zero attached hydrogens (tertiary/aromatic N) is 1. The van der Waals surface area contributed by atoms with Crippen LogP contribution in [0.3, 0.4) is 0 Å². The molecule has 3 nitrogen and oxygen atoms in total. The monoisotopic (exact) mass is 383 g/mol. The molecule has 1 heterocycles. The summed E-state index contributed by atoms with van der Waals surface area (Å²) in [6, 6.07) is 16.1. The van der Waals surface area contributed by atoms with Crippen LogP contribution in [0, 0.1) is 6.92 Å². The Kier molecular flexibility index (Phi) is 4.34. The molecule has 29 heavy (non-hydrogen) atoms. The van der Waals surface area contributed by atoms with E-state index in [9.17, 15) is 9.90 Å². The van der Waals surface area contributed by atoms with Crippen LogP contribution in [0.4, 0.5) is 0 Å². The molecule has 0 saturated carbocycles. The maximum absolute atomic E-state index is 13.0. The lowest BCUT2D eigenvalue weighted by Crippen LogP contribution is -2.24. The topological polar surface area (TPSA) is 42.2 Å². The normalized spacial score (nSPS) is 15.9. The molecule has 3 heteroatoms. The molecule has 1 aromatic heterocycles. The molecule has 0 fully saturated rings. The van der Waals surface area contributed by atoms with Gasteiger partial charge in [-0.15, -0.1) is 0 Å². The first-order chi connectivity index (χ1) is 13.7. The van der Waals surface area contributed by atoms with Gasteiger partial charge in [-0.3, -0.25) is 4.79 Å². The lowest BCUT2D eigenvalue weighted by atomic mass is 9.74. The summed E-state index contributed by atoms with van der Waals surface area (Å²) in [6.07, 6.45) is 3.63. The maximum Gasteiger partial charge on any atom is 0.201 e. The zero-order chi connectivity index (χ0) is 20.9. The molecular formula is C26H25NO2. The second kappa shape index (κ2) is 6.63. The summed E-state index contributed by atoms with van der Waals surface area (Å²) < 4.78 is 1.97. The predicted octanol–water partition coefficient (Wildman–Crippen LogP) is 5.80. The van der Waals surface area contributed by atoms with Crippen LogP contribution in [0.2, 0.25) is 0 Å². The highest BCUT2D eigenvalue weighted by molar-refractivity contribution is 6.40. The Morgan fingerprint density at radius 2 is 1.76 bits per heavy atom. The molecule has 0 amide bonds. The lowest BCUT2D eigenvalue weighted by molar-refractivity contribution is -0.111. The molecule has 1 aliphatic carbocycles. The molecule has 3 aromatic rings. The van der Waals surface area contributed by atoms with Crippen molar-refractivity contribution in [1.82, 2.24) is 4.57 Å². The standard InChI is InChI=1S/C26H25NO2/c1-16-10-6-8-12-21(16)26(3,4)17(2)14-19-24(28)23(25(19)29)20-15-27(5)22-13-9-7-11-18(20)22/h6-15,28H,2H2,1,3-5H3/b19-14-. The average Bonchev–Trinajstić information content (AvgIpc) is 3.02. The minimum Gasteiger partial charge on any atom is -0.506 e. The number of aliphatic hydroxyl groups excluding tert-OH is 1. The first-order valence-electron chi connectivity index (χ1n) is 9.73. The number of hydrogen-bond acceptors (Lipinski definition) is 2. The quantitative estimate of drug-likeness (QED) is 0.579. The summed E-state index contributed by atoms with van der Waals surface area (Å²) in [7, 11) is 1.94. The Morgan fingerprint density at radius 1 is 1.10 bits per heavy atom. The predicted molar refractivity (Wildman–Crippen MR) is 119 cm³/mol. The highest BCUT2D eigenvalue weighted by Crippen LogP contribution is 2.42. The molecular weight excluding hydrogens is 358 g/mol. The van der Waals surface area contributed by atoms with Crippen molar-refractivity contribution in [3.63, 3.8) is 0 Å². The molecule has 0 unspecified atom stereocenters. The van der Waals surface area contributed by atoms with Crippen LogP contribution >= 0.6 is 0 Å². The lowest BCUT2D eigenvalue weighted by Gasteiger charge is -2.30. The van der Waals surface area contributed by atoms with Gasteiger partial charge >= 0.3 is 0 Å². The molecule has 1 N–H and O–H groups in total. The van der Waals surface area contributed by atoms with E-state index in [-0.39, 0.29) is 17.0 Å². The molecule has 4 rings (SSSR count). The first kappa shape index (κ1) is 19.0. The smallest absolute Gasteiger partial charge is 0.201 e. The van der Waals surface area contributed by atoms with Crippen molar-refractivity contribution >= 4 is 22.3 Å². The number of aryl methyl sites for hydroxylation is 2. The summed E-state index contributed by atoms with van der Waals surface area (Å²) >= 11 is 0. The summed E-state index contributed by atoms with van der Waals surface area (Å²) in [5, 5.41) is 11.7. The van der Waals surface area contributed by atoms with E-state index in [1.54, 1.807) is 6.08 Å². The molecule has 146 valence electrons. The molecule has 1 aliphatic rings. The number of hydrogen-bond donors (Lipinski definition) is 1. The molecule has 0 radical (unpaired) electrons. The molecule has 0 spiro atoms. The van der Waals surface area contributed by atoms with Gasteiger partial charge in [0.25, 0.3) is 0 Å². The van der Waals surface area contributed by atoms with E-state index in [0.717, 1.165) is 27.6 Å². The number of carbonyl (C=O) groups is 1. The number of aliphatic hydroxyl groups is 1. The molecule has 0 aliphatic heterocycles. The minimum atomic E-state index is -0.353. The molecule has 0 saturated heterocycles.